The first-order valence-electron chi connectivity index (χ1n) is 9.03. The van der Waals surface area contributed by atoms with Crippen LogP contribution in [0.2, 0.25) is 5.02 Å². The highest BCUT2D eigenvalue weighted by molar-refractivity contribution is 6.30. The fraction of sp³-hybridized carbons (Fsp3) is 0.250. The number of carbonyl (C=O) groups excluding carboxylic acids is 1. The van der Waals surface area contributed by atoms with E-state index in [0.717, 1.165) is 6.07 Å². The Morgan fingerprint density at radius 1 is 1.23 bits per heavy atom. The largest absolute Gasteiger partial charge is 0.418 e. The Morgan fingerprint density at radius 3 is 2.67 bits per heavy atom. The molecule has 30 heavy (non-hydrogen) atoms. The second-order valence-electron chi connectivity index (χ2n) is 6.56. The van der Waals surface area contributed by atoms with Gasteiger partial charge in [0.25, 0.3) is 5.56 Å². The lowest BCUT2D eigenvalue weighted by atomic mass is 10.1. The summed E-state index contributed by atoms with van der Waals surface area (Å²) in [4.78, 5) is 30.7. The van der Waals surface area contributed by atoms with E-state index in [-0.39, 0.29) is 24.3 Å². The molecule has 0 fully saturated rings. The minimum atomic E-state index is -4.57. The monoisotopic (exact) mass is 438 g/mol. The quantitative estimate of drug-likeness (QED) is 0.635. The summed E-state index contributed by atoms with van der Waals surface area (Å²) in [7, 11) is 0. The van der Waals surface area contributed by atoms with Gasteiger partial charge in [-0.15, -0.1) is 0 Å². The summed E-state index contributed by atoms with van der Waals surface area (Å²) >= 11 is 5.89. The summed E-state index contributed by atoms with van der Waals surface area (Å²) < 4.78 is 40.6. The topological polar surface area (TPSA) is 66.7 Å². The van der Waals surface area contributed by atoms with Crippen molar-refractivity contribution >= 4 is 28.8 Å². The molecule has 0 saturated carbocycles. The standard InChI is InChI=1S/C20H18ClF3N4O2/c1-2-27(11-14-9-19(30)28-10-13(21)7-8-17(28)25-14)12-18(29)26-16-6-4-3-5-15(16)20(22,23)24/h3-10H,2,11-12H2,1H3,(H,26,29). The number of hydrogen-bond acceptors (Lipinski definition) is 4. The number of halogens is 4. The SMILES string of the molecule is CCN(CC(=O)Nc1ccccc1C(F)(F)F)Cc1cc(=O)n2cc(Cl)ccc2n1. The van der Waals surface area contributed by atoms with Crippen molar-refractivity contribution in [1.82, 2.24) is 14.3 Å². The number of rotatable bonds is 6. The molecule has 0 aliphatic heterocycles. The van der Waals surface area contributed by atoms with E-state index < -0.39 is 17.6 Å². The molecule has 0 spiro atoms. The molecule has 0 radical (unpaired) electrons. The van der Waals surface area contributed by atoms with Crippen LogP contribution in [0, 0.1) is 0 Å². The highest BCUT2D eigenvalue weighted by Gasteiger charge is 2.33. The number of benzene rings is 1. The van der Waals surface area contributed by atoms with Gasteiger partial charge in [-0.3, -0.25) is 18.9 Å². The Kier molecular flexibility index (Phi) is 6.42. The van der Waals surface area contributed by atoms with Crippen molar-refractivity contribution < 1.29 is 18.0 Å². The van der Waals surface area contributed by atoms with Crippen LogP contribution in [0.25, 0.3) is 5.65 Å². The van der Waals surface area contributed by atoms with Gasteiger partial charge in [0.05, 0.1) is 28.5 Å². The molecule has 0 atom stereocenters. The number of hydrogen-bond donors (Lipinski definition) is 1. The molecule has 3 aromatic rings. The molecule has 2 aromatic heterocycles. The van der Waals surface area contributed by atoms with Crippen molar-refractivity contribution in [3.63, 3.8) is 0 Å². The number of nitrogens with zero attached hydrogens (tertiary/aromatic N) is 3. The van der Waals surface area contributed by atoms with Crippen molar-refractivity contribution in [2.45, 2.75) is 19.6 Å². The van der Waals surface area contributed by atoms with Gasteiger partial charge in [0.15, 0.2) is 0 Å². The minimum absolute atomic E-state index is 0.162. The molecule has 1 amide bonds. The molecule has 2 heterocycles. The smallest absolute Gasteiger partial charge is 0.324 e. The molecule has 0 aliphatic rings. The first-order valence-corrected chi connectivity index (χ1v) is 9.41. The third-order valence-corrected chi connectivity index (χ3v) is 4.61. The van der Waals surface area contributed by atoms with E-state index in [1.165, 1.54) is 34.9 Å². The molecule has 0 aliphatic carbocycles. The van der Waals surface area contributed by atoms with Crippen LogP contribution >= 0.6 is 11.6 Å². The average molecular weight is 439 g/mol. The highest BCUT2D eigenvalue weighted by atomic mass is 35.5. The molecule has 6 nitrogen and oxygen atoms in total. The summed E-state index contributed by atoms with van der Waals surface area (Å²) in [6.07, 6.45) is -3.12. The summed E-state index contributed by atoms with van der Waals surface area (Å²) in [5.41, 5.74) is -0.694. The third kappa shape index (κ3) is 5.17. The van der Waals surface area contributed by atoms with Crippen LogP contribution in [-0.2, 0) is 17.5 Å². The van der Waals surface area contributed by atoms with Crippen molar-refractivity contribution in [2.75, 3.05) is 18.4 Å². The number of alkyl halides is 3. The first kappa shape index (κ1) is 21.8. The van der Waals surface area contributed by atoms with Gasteiger partial charge >= 0.3 is 6.18 Å². The highest BCUT2D eigenvalue weighted by Crippen LogP contribution is 2.34. The lowest BCUT2D eigenvalue weighted by molar-refractivity contribution is -0.137. The molecule has 0 bridgehead atoms. The van der Waals surface area contributed by atoms with Crippen molar-refractivity contribution in [3.8, 4) is 0 Å². The zero-order valence-electron chi connectivity index (χ0n) is 15.9. The lowest BCUT2D eigenvalue weighted by Crippen LogP contribution is -2.34. The average Bonchev–Trinajstić information content (AvgIpc) is 2.67. The number of aromatic nitrogens is 2. The first-order chi connectivity index (χ1) is 14.2. The number of fused-ring (bicyclic) bond motifs is 1. The summed E-state index contributed by atoms with van der Waals surface area (Å²) in [6, 6.07) is 9.33. The van der Waals surface area contributed by atoms with Gasteiger partial charge in [-0.1, -0.05) is 30.7 Å². The number of nitrogens with one attached hydrogen (secondary N) is 1. The Bertz CT molecular complexity index is 1130. The van der Waals surface area contributed by atoms with Gasteiger partial charge in [0.2, 0.25) is 5.91 Å². The van der Waals surface area contributed by atoms with Crippen molar-refractivity contribution in [3.05, 3.63) is 75.3 Å². The molecule has 0 unspecified atom stereocenters. The molecular weight excluding hydrogens is 421 g/mol. The molecule has 158 valence electrons. The van der Waals surface area contributed by atoms with Crippen LogP contribution in [0.15, 0.2) is 53.5 Å². The van der Waals surface area contributed by atoms with Gasteiger partial charge < -0.3 is 5.32 Å². The molecule has 1 aromatic carbocycles. The van der Waals surface area contributed by atoms with Crippen LogP contribution in [0.5, 0.6) is 0 Å². The van der Waals surface area contributed by atoms with Gasteiger partial charge in [-0.05, 0) is 30.8 Å². The van der Waals surface area contributed by atoms with Gasteiger partial charge in [-0.2, -0.15) is 13.2 Å². The van der Waals surface area contributed by atoms with Crippen LogP contribution in [0.3, 0.4) is 0 Å². The van der Waals surface area contributed by atoms with Crippen LogP contribution in [0.4, 0.5) is 18.9 Å². The summed E-state index contributed by atoms with van der Waals surface area (Å²) in [5, 5.41) is 2.71. The Balaban J connectivity index is 1.74. The minimum Gasteiger partial charge on any atom is -0.324 e. The molecule has 3 rings (SSSR count). The maximum absolute atomic E-state index is 13.1. The van der Waals surface area contributed by atoms with E-state index in [9.17, 15) is 22.8 Å². The normalized spacial score (nSPS) is 11.8. The fourth-order valence-electron chi connectivity index (χ4n) is 2.95. The second kappa shape index (κ2) is 8.85. The van der Waals surface area contributed by atoms with E-state index >= 15 is 0 Å². The van der Waals surface area contributed by atoms with E-state index in [0.29, 0.717) is 22.9 Å². The van der Waals surface area contributed by atoms with Gasteiger partial charge in [0, 0.05) is 18.8 Å². The number of para-hydroxylation sites is 1. The Labute approximate surface area is 174 Å². The number of carbonyl (C=O) groups is 1. The van der Waals surface area contributed by atoms with Gasteiger partial charge in [-0.25, -0.2) is 4.98 Å². The van der Waals surface area contributed by atoms with Crippen molar-refractivity contribution in [1.29, 1.82) is 0 Å². The van der Waals surface area contributed by atoms with Gasteiger partial charge in [0.1, 0.15) is 5.65 Å². The summed E-state index contributed by atoms with van der Waals surface area (Å²) in [6.45, 7) is 2.24. The van der Waals surface area contributed by atoms with E-state index in [1.807, 2.05) is 0 Å². The Hall–Kier alpha value is -2.91. The molecule has 1 N–H and O–H groups in total. The molecular formula is C20H18ClF3N4O2. The number of anilines is 1. The number of likely N-dealkylation sites (N-methyl/N-ethyl adjacent to an activating group) is 1. The fourth-order valence-corrected chi connectivity index (χ4v) is 3.11. The van der Waals surface area contributed by atoms with Crippen LogP contribution < -0.4 is 10.9 Å². The number of pyridine rings is 1. The maximum Gasteiger partial charge on any atom is 0.418 e. The zero-order valence-corrected chi connectivity index (χ0v) is 16.7. The molecule has 10 heteroatoms. The zero-order chi connectivity index (χ0) is 21.9. The van der Waals surface area contributed by atoms with Crippen LogP contribution in [-0.4, -0.2) is 33.3 Å². The Morgan fingerprint density at radius 2 is 1.97 bits per heavy atom. The summed E-state index contributed by atoms with van der Waals surface area (Å²) in [5.74, 6) is -0.599. The van der Waals surface area contributed by atoms with E-state index in [1.54, 1.807) is 24.0 Å². The predicted molar refractivity (Wildman–Crippen MR) is 107 cm³/mol. The predicted octanol–water partition coefficient (Wildman–Crippen LogP) is 3.83. The number of amides is 1. The third-order valence-electron chi connectivity index (χ3n) is 4.38. The maximum atomic E-state index is 13.1. The second-order valence-corrected chi connectivity index (χ2v) is 6.99. The molecule has 0 saturated heterocycles. The van der Waals surface area contributed by atoms with Crippen molar-refractivity contribution in [2.24, 2.45) is 0 Å². The van der Waals surface area contributed by atoms with E-state index in [2.05, 4.69) is 10.3 Å². The lowest BCUT2D eigenvalue weighted by Gasteiger charge is -2.20. The van der Waals surface area contributed by atoms with Crippen LogP contribution in [0.1, 0.15) is 18.2 Å². The van der Waals surface area contributed by atoms with E-state index in [4.69, 9.17) is 11.6 Å².